The van der Waals surface area contributed by atoms with Crippen molar-refractivity contribution in [3.05, 3.63) is 52.9 Å². The molecular weight excluding hydrogens is 378 g/mol. The minimum Gasteiger partial charge on any atom is -0.440 e. The number of rotatable bonds is 3. The third-order valence-electron chi connectivity index (χ3n) is 3.82. The lowest BCUT2D eigenvalue weighted by Crippen LogP contribution is -2.50. The van der Waals surface area contributed by atoms with E-state index in [4.69, 9.17) is 16.0 Å². The highest BCUT2D eigenvalue weighted by Gasteiger charge is 2.32. The Hall–Kier alpha value is -1.97. The Kier molecular flexibility index (Phi) is 4.81. The van der Waals surface area contributed by atoms with E-state index in [2.05, 4.69) is 0 Å². The van der Waals surface area contributed by atoms with Crippen LogP contribution in [0.2, 0.25) is 5.22 Å². The molecule has 2 heterocycles. The van der Waals surface area contributed by atoms with Crippen LogP contribution in [-0.4, -0.2) is 49.7 Å². The lowest BCUT2D eigenvalue weighted by Gasteiger charge is -2.33. The zero-order chi connectivity index (χ0) is 18.2. The zero-order valence-electron chi connectivity index (χ0n) is 12.8. The Morgan fingerprint density at radius 3 is 2.32 bits per heavy atom. The molecule has 10 heteroatoms. The van der Waals surface area contributed by atoms with Crippen molar-refractivity contribution in [2.24, 2.45) is 0 Å². The highest BCUT2D eigenvalue weighted by atomic mass is 35.5. The fourth-order valence-electron chi connectivity index (χ4n) is 2.54. The fraction of sp³-hybridized carbons (Fsp3) is 0.267. The number of carbonyl (C=O) groups excluding carboxylic acids is 1. The molecule has 1 aromatic heterocycles. The average Bonchev–Trinajstić information content (AvgIpc) is 3.00. The third-order valence-corrected chi connectivity index (χ3v) is 5.96. The summed E-state index contributed by atoms with van der Waals surface area (Å²) in [5.41, 5.74) is 0. The predicted molar refractivity (Wildman–Crippen MR) is 84.7 cm³/mol. The van der Waals surface area contributed by atoms with Crippen molar-refractivity contribution in [3.8, 4) is 0 Å². The van der Waals surface area contributed by atoms with E-state index in [0.717, 1.165) is 16.4 Å². The first-order valence-corrected chi connectivity index (χ1v) is 9.10. The first-order chi connectivity index (χ1) is 11.8. The van der Waals surface area contributed by atoms with Crippen LogP contribution in [0.5, 0.6) is 0 Å². The molecule has 1 saturated heterocycles. The summed E-state index contributed by atoms with van der Waals surface area (Å²) in [7, 11) is -4.11. The van der Waals surface area contributed by atoms with Gasteiger partial charge in [0.2, 0.25) is 10.0 Å². The van der Waals surface area contributed by atoms with Gasteiger partial charge < -0.3 is 9.32 Å². The molecule has 2 aromatic rings. The Morgan fingerprint density at radius 2 is 1.76 bits per heavy atom. The summed E-state index contributed by atoms with van der Waals surface area (Å²) in [6.45, 7) is 0.192. The molecule has 0 saturated carbocycles. The zero-order valence-corrected chi connectivity index (χ0v) is 14.4. The van der Waals surface area contributed by atoms with E-state index >= 15 is 0 Å². The highest BCUT2D eigenvalue weighted by molar-refractivity contribution is 7.89. The minimum absolute atomic E-state index is 0.0146. The monoisotopic (exact) mass is 390 g/mol. The van der Waals surface area contributed by atoms with E-state index in [1.54, 1.807) is 0 Å². The van der Waals surface area contributed by atoms with Crippen molar-refractivity contribution in [3.63, 3.8) is 0 Å². The largest absolute Gasteiger partial charge is 0.440 e. The van der Waals surface area contributed by atoms with Gasteiger partial charge in [-0.3, -0.25) is 4.79 Å². The molecule has 0 atom stereocenters. The maximum absolute atomic E-state index is 13.8. The van der Waals surface area contributed by atoms with E-state index in [9.17, 15) is 22.0 Å². The van der Waals surface area contributed by atoms with E-state index in [-0.39, 0.29) is 37.2 Å². The van der Waals surface area contributed by atoms with Crippen LogP contribution in [0.15, 0.2) is 39.6 Å². The molecule has 0 radical (unpaired) electrons. The van der Waals surface area contributed by atoms with E-state index in [0.29, 0.717) is 6.07 Å². The van der Waals surface area contributed by atoms with E-state index in [1.807, 2.05) is 0 Å². The number of benzene rings is 1. The maximum Gasteiger partial charge on any atom is 0.289 e. The molecule has 134 valence electrons. The predicted octanol–water partition coefficient (Wildman–Crippen LogP) is 2.36. The summed E-state index contributed by atoms with van der Waals surface area (Å²) < 4.78 is 57.9. The topological polar surface area (TPSA) is 70.8 Å². The molecule has 0 aliphatic carbocycles. The van der Waals surface area contributed by atoms with Gasteiger partial charge in [-0.05, 0) is 35.9 Å². The number of carbonyl (C=O) groups is 1. The van der Waals surface area contributed by atoms with Crippen LogP contribution in [0.1, 0.15) is 10.6 Å². The fourth-order valence-corrected chi connectivity index (χ4v) is 4.15. The summed E-state index contributed by atoms with van der Waals surface area (Å²) >= 11 is 5.63. The van der Waals surface area contributed by atoms with E-state index in [1.165, 1.54) is 17.0 Å². The van der Waals surface area contributed by atoms with Crippen LogP contribution < -0.4 is 0 Å². The molecule has 0 N–H and O–H groups in total. The Balaban J connectivity index is 1.72. The SMILES string of the molecule is O=C(c1ccc(Cl)o1)N1CCN(S(=O)(=O)c2ccc(F)cc2F)CC1. The molecule has 1 aliphatic rings. The number of sulfonamides is 1. The van der Waals surface area contributed by atoms with Gasteiger partial charge in [0, 0.05) is 32.2 Å². The summed E-state index contributed by atoms with van der Waals surface area (Å²) in [5.74, 6) is -2.35. The van der Waals surface area contributed by atoms with Crippen LogP contribution >= 0.6 is 11.6 Å². The van der Waals surface area contributed by atoms with Gasteiger partial charge in [0.25, 0.3) is 5.91 Å². The second-order valence-corrected chi connectivity index (χ2v) is 7.65. The molecule has 1 fully saturated rings. The van der Waals surface area contributed by atoms with Crippen molar-refractivity contribution in [2.45, 2.75) is 4.90 Å². The molecule has 0 unspecified atom stereocenters. The standard InChI is InChI=1S/C15H13ClF2N2O4S/c16-14-4-2-12(24-14)15(21)19-5-7-20(8-6-19)25(22,23)13-3-1-10(17)9-11(13)18/h1-4,9H,5-8H2. The minimum atomic E-state index is -4.11. The Morgan fingerprint density at radius 1 is 1.08 bits per heavy atom. The van der Waals surface area contributed by atoms with Crippen molar-refractivity contribution in [1.82, 2.24) is 9.21 Å². The van der Waals surface area contributed by atoms with Crippen molar-refractivity contribution in [1.29, 1.82) is 0 Å². The summed E-state index contributed by atoms with van der Waals surface area (Å²) in [6, 6.07) is 5.17. The molecule has 25 heavy (non-hydrogen) atoms. The maximum atomic E-state index is 13.8. The summed E-state index contributed by atoms with van der Waals surface area (Å²) in [6.07, 6.45) is 0. The first-order valence-electron chi connectivity index (χ1n) is 7.29. The number of piperazine rings is 1. The van der Waals surface area contributed by atoms with Crippen molar-refractivity contribution < 1.29 is 26.4 Å². The number of amides is 1. The molecule has 0 bridgehead atoms. The summed E-state index contributed by atoms with van der Waals surface area (Å²) in [4.78, 5) is 13.1. The van der Waals surface area contributed by atoms with Crippen LogP contribution in [-0.2, 0) is 10.0 Å². The van der Waals surface area contributed by atoms with Gasteiger partial charge in [0.1, 0.15) is 16.5 Å². The quantitative estimate of drug-likeness (QED) is 0.806. The smallest absolute Gasteiger partial charge is 0.289 e. The Labute approximate surface area is 147 Å². The van der Waals surface area contributed by atoms with Crippen LogP contribution in [0.3, 0.4) is 0 Å². The van der Waals surface area contributed by atoms with Gasteiger partial charge in [-0.15, -0.1) is 0 Å². The molecule has 1 aliphatic heterocycles. The van der Waals surface area contributed by atoms with Gasteiger partial charge in [-0.25, -0.2) is 17.2 Å². The lowest BCUT2D eigenvalue weighted by atomic mass is 10.3. The average molecular weight is 391 g/mol. The summed E-state index contributed by atoms with van der Waals surface area (Å²) in [5, 5.41) is 0.0800. The van der Waals surface area contributed by atoms with Crippen LogP contribution in [0.4, 0.5) is 8.78 Å². The number of furan rings is 1. The van der Waals surface area contributed by atoms with Gasteiger partial charge in [-0.2, -0.15) is 4.31 Å². The van der Waals surface area contributed by atoms with Crippen molar-refractivity contribution in [2.75, 3.05) is 26.2 Å². The number of hydrogen-bond acceptors (Lipinski definition) is 4. The third kappa shape index (κ3) is 3.53. The van der Waals surface area contributed by atoms with Crippen molar-refractivity contribution >= 4 is 27.5 Å². The lowest BCUT2D eigenvalue weighted by molar-refractivity contribution is 0.0666. The number of hydrogen-bond donors (Lipinski definition) is 0. The van der Waals surface area contributed by atoms with Gasteiger partial charge in [0.15, 0.2) is 11.0 Å². The molecule has 1 amide bonds. The van der Waals surface area contributed by atoms with Gasteiger partial charge in [-0.1, -0.05) is 0 Å². The molecular formula is C15H13ClF2N2O4S. The van der Waals surface area contributed by atoms with E-state index < -0.39 is 32.5 Å². The molecule has 0 spiro atoms. The second-order valence-electron chi connectivity index (χ2n) is 5.37. The first kappa shape index (κ1) is 17.8. The van der Waals surface area contributed by atoms with Gasteiger partial charge in [0.05, 0.1) is 0 Å². The van der Waals surface area contributed by atoms with Gasteiger partial charge >= 0.3 is 0 Å². The number of nitrogens with zero attached hydrogens (tertiary/aromatic N) is 2. The van der Waals surface area contributed by atoms with Crippen LogP contribution in [0.25, 0.3) is 0 Å². The van der Waals surface area contributed by atoms with Crippen LogP contribution in [0, 0.1) is 11.6 Å². The second kappa shape index (κ2) is 6.74. The Bertz CT molecular complexity index is 908. The molecule has 1 aromatic carbocycles. The highest BCUT2D eigenvalue weighted by Crippen LogP contribution is 2.22. The number of halogens is 3. The normalized spacial score (nSPS) is 16.2. The molecule has 3 rings (SSSR count). The molecule has 6 nitrogen and oxygen atoms in total.